The summed E-state index contributed by atoms with van der Waals surface area (Å²) in [6.45, 7) is 3.89. The Morgan fingerprint density at radius 2 is 1.71 bits per heavy atom. The van der Waals surface area contributed by atoms with Crippen molar-refractivity contribution < 1.29 is 17.2 Å². The zero-order valence-electron chi connectivity index (χ0n) is 13.6. The van der Waals surface area contributed by atoms with Crippen LogP contribution in [0.3, 0.4) is 0 Å². The van der Waals surface area contributed by atoms with E-state index in [2.05, 4.69) is 4.90 Å². The topological polar surface area (TPSA) is 37.4 Å². The minimum absolute atomic E-state index is 0.00170. The van der Waals surface area contributed by atoms with Crippen LogP contribution >= 0.6 is 0 Å². The van der Waals surface area contributed by atoms with Crippen LogP contribution in [-0.4, -0.2) is 32.2 Å². The van der Waals surface area contributed by atoms with E-state index in [0.717, 1.165) is 24.2 Å². The van der Waals surface area contributed by atoms with Crippen molar-refractivity contribution in [2.75, 3.05) is 18.8 Å². The fourth-order valence-corrected chi connectivity index (χ4v) is 3.78. The number of hydrogen-bond acceptors (Lipinski definition) is 3. The summed E-state index contributed by atoms with van der Waals surface area (Å²) in [5.74, 6) is -0.734. The minimum Gasteiger partial charge on any atom is -0.299 e. The van der Waals surface area contributed by atoms with E-state index in [0.29, 0.717) is 19.5 Å². The molecule has 0 aromatic heterocycles. The summed E-state index contributed by atoms with van der Waals surface area (Å²) >= 11 is 0. The molecule has 0 aliphatic heterocycles. The van der Waals surface area contributed by atoms with Gasteiger partial charge in [-0.1, -0.05) is 19.1 Å². The van der Waals surface area contributed by atoms with Gasteiger partial charge in [0.15, 0.2) is 9.84 Å². The third-order valence-corrected chi connectivity index (χ3v) is 5.62. The van der Waals surface area contributed by atoms with E-state index in [1.807, 2.05) is 13.0 Å². The first-order chi connectivity index (χ1) is 11.4. The molecule has 0 bridgehead atoms. The Labute approximate surface area is 141 Å². The fraction of sp³-hybridized carbons (Fsp3) is 0.333. The molecule has 2 rings (SSSR count). The van der Waals surface area contributed by atoms with Crippen LogP contribution in [0, 0.1) is 11.6 Å². The zero-order valence-corrected chi connectivity index (χ0v) is 14.4. The average molecular weight is 353 g/mol. The second-order valence-electron chi connectivity index (χ2n) is 5.63. The van der Waals surface area contributed by atoms with E-state index in [1.165, 1.54) is 24.3 Å². The van der Waals surface area contributed by atoms with E-state index in [9.17, 15) is 17.2 Å². The molecule has 0 N–H and O–H groups in total. The minimum atomic E-state index is -3.41. The molecule has 0 spiro atoms. The van der Waals surface area contributed by atoms with Gasteiger partial charge in [0.05, 0.1) is 10.6 Å². The largest absolute Gasteiger partial charge is 0.299 e. The van der Waals surface area contributed by atoms with E-state index in [1.54, 1.807) is 6.07 Å². The monoisotopic (exact) mass is 353 g/mol. The maximum Gasteiger partial charge on any atom is 0.178 e. The molecule has 0 aliphatic rings. The molecule has 0 heterocycles. The number of sulfone groups is 1. The van der Waals surface area contributed by atoms with Crippen molar-refractivity contribution in [3.63, 3.8) is 0 Å². The van der Waals surface area contributed by atoms with Crippen LogP contribution in [0.4, 0.5) is 8.78 Å². The van der Waals surface area contributed by atoms with Gasteiger partial charge < -0.3 is 0 Å². The van der Waals surface area contributed by atoms with Gasteiger partial charge in [-0.15, -0.1) is 0 Å². The highest BCUT2D eigenvalue weighted by Gasteiger charge is 2.15. The van der Waals surface area contributed by atoms with Crippen molar-refractivity contribution in [2.45, 2.75) is 24.8 Å². The van der Waals surface area contributed by atoms with E-state index < -0.39 is 15.7 Å². The molecule has 0 radical (unpaired) electrons. The van der Waals surface area contributed by atoms with E-state index in [-0.39, 0.29) is 16.5 Å². The van der Waals surface area contributed by atoms with Crippen molar-refractivity contribution in [1.29, 1.82) is 0 Å². The van der Waals surface area contributed by atoms with Gasteiger partial charge in [0.2, 0.25) is 0 Å². The molecule has 6 heteroatoms. The zero-order chi connectivity index (χ0) is 17.6. The molecule has 3 nitrogen and oxygen atoms in total. The summed E-state index contributed by atoms with van der Waals surface area (Å²) in [5, 5.41) is 0. The first kappa shape index (κ1) is 18.5. The number of benzene rings is 2. The lowest BCUT2D eigenvalue weighted by atomic mass is 10.2. The maximum atomic E-state index is 13.2. The van der Waals surface area contributed by atoms with Crippen molar-refractivity contribution in [3.05, 3.63) is 65.7 Å². The highest BCUT2D eigenvalue weighted by molar-refractivity contribution is 7.91. The lowest BCUT2D eigenvalue weighted by Gasteiger charge is -2.20. The van der Waals surface area contributed by atoms with Crippen LogP contribution in [0.1, 0.15) is 18.9 Å². The Kier molecular flexibility index (Phi) is 6.45. The Hall–Kier alpha value is -1.79. The van der Waals surface area contributed by atoms with Gasteiger partial charge in [-0.3, -0.25) is 4.90 Å². The summed E-state index contributed by atoms with van der Waals surface area (Å²) in [6.07, 6.45) is 0.461. The molecule has 0 atom stereocenters. The van der Waals surface area contributed by atoms with Crippen LogP contribution in [0.25, 0.3) is 0 Å². The summed E-state index contributed by atoms with van der Waals surface area (Å²) in [7, 11) is -3.41. The average Bonchev–Trinajstić information content (AvgIpc) is 2.54. The standard InChI is InChI=1S/C18H21F2NO2S/c1-2-21(14-15-5-3-6-17(20)13-15)11-4-12-24(22,23)18-9-7-16(19)8-10-18/h3,5-10,13H,2,4,11-12,14H2,1H3. The van der Waals surface area contributed by atoms with Gasteiger partial charge in [-0.25, -0.2) is 17.2 Å². The molecule has 0 saturated carbocycles. The summed E-state index contributed by atoms with van der Waals surface area (Å²) in [4.78, 5) is 2.20. The van der Waals surface area contributed by atoms with Crippen LogP contribution in [0.5, 0.6) is 0 Å². The molecule has 0 fully saturated rings. The van der Waals surface area contributed by atoms with Gasteiger partial charge in [0.1, 0.15) is 11.6 Å². The lowest BCUT2D eigenvalue weighted by Crippen LogP contribution is -2.25. The summed E-state index contributed by atoms with van der Waals surface area (Å²) in [6, 6.07) is 11.3. The third kappa shape index (κ3) is 5.39. The van der Waals surface area contributed by atoms with Gasteiger partial charge in [-0.2, -0.15) is 0 Å². The highest BCUT2D eigenvalue weighted by atomic mass is 32.2. The smallest absolute Gasteiger partial charge is 0.178 e. The second kappa shape index (κ2) is 8.35. The molecule has 0 saturated heterocycles. The molecule has 0 unspecified atom stereocenters. The Morgan fingerprint density at radius 3 is 2.33 bits per heavy atom. The Morgan fingerprint density at radius 1 is 1.00 bits per heavy atom. The molecular weight excluding hydrogens is 332 g/mol. The quantitative estimate of drug-likeness (QED) is 0.680. The van der Waals surface area contributed by atoms with Crippen LogP contribution < -0.4 is 0 Å². The molecule has 0 amide bonds. The summed E-state index contributed by atoms with van der Waals surface area (Å²) < 4.78 is 50.6. The second-order valence-corrected chi connectivity index (χ2v) is 7.73. The number of hydrogen-bond donors (Lipinski definition) is 0. The van der Waals surface area contributed by atoms with Gasteiger partial charge in [0, 0.05) is 6.54 Å². The van der Waals surface area contributed by atoms with Crippen molar-refractivity contribution in [2.24, 2.45) is 0 Å². The first-order valence-electron chi connectivity index (χ1n) is 7.86. The van der Waals surface area contributed by atoms with Crippen LogP contribution in [-0.2, 0) is 16.4 Å². The fourth-order valence-electron chi connectivity index (χ4n) is 2.48. The molecule has 130 valence electrons. The number of nitrogens with zero attached hydrogens (tertiary/aromatic N) is 1. The number of rotatable bonds is 8. The predicted octanol–water partition coefficient (Wildman–Crippen LogP) is 3.65. The van der Waals surface area contributed by atoms with E-state index >= 15 is 0 Å². The van der Waals surface area contributed by atoms with Gasteiger partial charge in [-0.05, 0) is 61.5 Å². The summed E-state index contributed by atoms with van der Waals surface area (Å²) in [5.41, 5.74) is 0.859. The van der Waals surface area contributed by atoms with Crippen LogP contribution in [0.2, 0.25) is 0 Å². The van der Waals surface area contributed by atoms with Crippen molar-refractivity contribution >= 4 is 9.84 Å². The Balaban J connectivity index is 1.90. The normalized spacial score (nSPS) is 11.8. The third-order valence-electron chi connectivity index (χ3n) is 3.80. The van der Waals surface area contributed by atoms with E-state index in [4.69, 9.17) is 0 Å². The Bertz CT molecular complexity index is 761. The van der Waals surface area contributed by atoms with Crippen molar-refractivity contribution in [1.82, 2.24) is 4.90 Å². The SMILES string of the molecule is CCN(CCCS(=O)(=O)c1ccc(F)cc1)Cc1cccc(F)c1. The first-order valence-corrected chi connectivity index (χ1v) is 9.51. The lowest BCUT2D eigenvalue weighted by molar-refractivity contribution is 0.280. The van der Waals surface area contributed by atoms with Gasteiger partial charge in [0.25, 0.3) is 0 Å². The maximum absolute atomic E-state index is 13.2. The molecular formula is C18H21F2NO2S. The highest BCUT2D eigenvalue weighted by Crippen LogP contribution is 2.14. The molecule has 24 heavy (non-hydrogen) atoms. The van der Waals surface area contributed by atoms with Gasteiger partial charge >= 0.3 is 0 Å². The molecule has 2 aromatic carbocycles. The van der Waals surface area contributed by atoms with Crippen molar-refractivity contribution in [3.8, 4) is 0 Å². The molecule has 2 aromatic rings. The predicted molar refractivity (Wildman–Crippen MR) is 90.4 cm³/mol. The van der Waals surface area contributed by atoms with Crippen LogP contribution in [0.15, 0.2) is 53.4 Å². The molecule has 0 aliphatic carbocycles. The number of halogens is 2.